The summed E-state index contributed by atoms with van der Waals surface area (Å²) < 4.78 is 2.07. The van der Waals surface area contributed by atoms with E-state index < -0.39 is 0 Å². The van der Waals surface area contributed by atoms with Crippen molar-refractivity contribution in [1.82, 2.24) is 9.55 Å². The van der Waals surface area contributed by atoms with E-state index in [9.17, 15) is 0 Å². The Hall–Kier alpha value is -1.61. The molecule has 0 spiro atoms. The highest BCUT2D eigenvalue weighted by Crippen LogP contribution is 2.30. The Balaban J connectivity index is 2.63. The van der Waals surface area contributed by atoms with Crippen LogP contribution in [0.1, 0.15) is 28.2 Å². The molecule has 0 aliphatic carbocycles. The Kier molecular flexibility index (Phi) is 3.76. The fraction of sp³-hybridized carbons (Fsp3) is 0.438. The Labute approximate surface area is 114 Å². The first kappa shape index (κ1) is 13.8. The predicted molar refractivity (Wildman–Crippen MR) is 78.4 cm³/mol. The molecule has 0 radical (unpaired) electrons. The summed E-state index contributed by atoms with van der Waals surface area (Å²) in [5.74, 6) is 0.939. The van der Waals surface area contributed by atoms with E-state index >= 15 is 0 Å². The summed E-state index contributed by atoms with van der Waals surface area (Å²) >= 11 is 0. The SMILES string of the molecule is Cc1cc(C)c(-c2nc(CCO)n(C)c2C)c(C)c1. The fourth-order valence-corrected chi connectivity index (χ4v) is 2.75. The van der Waals surface area contributed by atoms with Crippen LogP contribution in [-0.2, 0) is 13.5 Å². The fourth-order valence-electron chi connectivity index (χ4n) is 2.75. The molecule has 0 atom stereocenters. The van der Waals surface area contributed by atoms with Gasteiger partial charge < -0.3 is 9.67 Å². The molecule has 19 heavy (non-hydrogen) atoms. The summed E-state index contributed by atoms with van der Waals surface area (Å²) in [5.41, 5.74) is 7.22. The van der Waals surface area contributed by atoms with Crippen molar-refractivity contribution >= 4 is 0 Å². The van der Waals surface area contributed by atoms with Crippen LogP contribution in [-0.4, -0.2) is 21.3 Å². The lowest BCUT2D eigenvalue weighted by atomic mass is 9.96. The van der Waals surface area contributed by atoms with Crippen LogP contribution in [0.3, 0.4) is 0 Å². The van der Waals surface area contributed by atoms with E-state index in [1.165, 1.54) is 22.3 Å². The van der Waals surface area contributed by atoms with Crippen LogP contribution in [0.5, 0.6) is 0 Å². The van der Waals surface area contributed by atoms with Crippen LogP contribution in [0, 0.1) is 27.7 Å². The van der Waals surface area contributed by atoms with Crippen molar-refractivity contribution in [3.63, 3.8) is 0 Å². The number of hydrogen-bond acceptors (Lipinski definition) is 2. The highest BCUT2D eigenvalue weighted by atomic mass is 16.3. The number of aliphatic hydroxyl groups excluding tert-OH is 1. The number of aliphatic hydroxyl groups is 1. The van der Waals surface area contributed by atoms with Crippen molar-refractivity contribution < 1.29 is 5.11 Å². The van der Waals surface area contributed by atoms with E-state index in [1.54, 1.807) is 0 Å². The zero-order valence-electron chi connectivity index (χ0n) is 12.4. The maximum atomic E-state index is 9.11. The van der Waals surface area contributed by atoms with Crippen LogP contribution < -0.4 is 0 Å². The lowest BCUT2D eigenvalue weighted by molar-refractivity contribution is 0.295. The predicted octanol–water partition coefficient (Wildman–Crippen LogP) is 2.86. The zero-order valence-corrected chi connectivity index (χ0v) is 12.4. The molecular formula is C16H22N2O. The van der Waals surface area contributed by atoms with Crippen LogP contribution in [0.25, 0.3) is 11.3 Å². The van der Waals surface area contributed by atoms with Gasteiger partial charge in [0.2, 0.25) is 0 Å². The van der Waals surface area contributed by atoms with Gasteiger partial charge in [-0.15, -0.1) is 0 Å². The summed E-state index contributed by atoms with van der Waals surface area (Å²) in [4.78, 5) is 4.72. The molecule has 1 heterocycles. The van der Waals surface area contributed by atoms with Crippen molar-refractivity contribution in [2.45, 2.75) is 34.1 Å². The molecular weight excluding hydrogens is 236 g/mol. The van der Waals surface area contributed by atoms with Crippen molar-refractivity contribution in [3.05, 3.63) is 40.3 Å². The summed E-state index contributed by atoms with van der Waals surface area (Å²) in [6, 6.07) is 4.39. The van der Waals surface area contributed by atoms with Crippen LogP contribution >= 0.6 is 0 Å². The van der Waals surface area contributed by atoms with E-state index in [4.69, 9.17) is 10.1 Å². The molecule has 102 valence electrons. The highest BCUT2D eigenvalue weighted by molar-refractivity contribution is 5.70. The first-order valence-corrected chi connectivity index (χ1v) is 6.67. The molecule has 1 aromatic carbocycles. The van der Waals surface area contributed by atoms with E-state index in [1.807, 2.05) is 7.05 Å². The standard InChI is InChI=1S/C16H22N2O/c1-10-8-11(2)15(12(3)9-10)16-13(4)18(5)14(17-16)6-7-19/h8-9,19H,6-7H2,1-5H3. The van der Waals surface area contributed by atoms with Crippen molar-refractivity contribution in [1.29, 1.82) is 0 Å². The maximum absolute atomic E-state index is 9.11. The van der Waals surface area contributed by atoms with Gasteiger partial charge in [-0.1, -0.05) is 17.7 Å². The van der Waals surface area contributed by atoms with Gasteiger partial charge in [-0.25, -0.2) is 4.98 Å². The smallest absolute Gasteiger partial charge is 0.111 e. The topological polar surface area (TPSA) is 38.1 Å². The Morgan fingerprint density at radius 3 is 2.21 bits per heavy atom. The first-order valence-electron chi connectivity index (χ1n) is 6.67. The number of aromatic nitrogens is 2. The van der Waals surface area contributed by atoms with Gasteiger partial charge in [0.1, 0.15) is 5.82 Å². The third-order valence-electron chi connectivity index (χ3n) is 3.72. The molecule has 2 aromatic rings. The van der Waals surface area contributed by atoms with E-state index in [0.717, 1.165) is 17.2 Å². The number of rotatable bonds is 3. The molecule has 3 nitrogen and oxygen atoms in total. The molecule has 0 bridgehead atoms. The van der Waals surface area contributed by atoms with Gasteiger partial charge in [-0.2, -0.15) is 0 Å². The van der Waals surface area contributed by atoms with Gasteiger partial charge in [-0.3, -0.25) is 0 Å². The summed E-state index contributed by atoms with van der Waals surface area (Å²) in [5, 5.41) is 9.11. The summed E-state index contributed by atoms with van der Waals surface area (Å²) in [7, 11) is 2.01. The third-order valence-corrected chi connectivity index (χ3v) is 3.72. The minimum Gasteiger partial charge on any atom is -0.396 e. The molecule has 1 N–H and O–H groups in total. The van der Waals surface area contributed by atoms with Crippen LogP contribution in [0.2, 0.25) is 0 Å². The second-order valence-electron chi connectivity index (χ2n) is 5.27. The Morgan fingerprint density at radius 1 is 1.11 bits per heavy atom. The van der Waals surface area contributed by atoms with Gasteiger partial charge >= 0.3 is 0 Å². The molecule has 0 fully saturated rings. The number of hydrogen-bond donors (Lipinski definition) is 1. The largest absolute Gasteiger partial charge is 0.396 e. The average molecular weight is 258 g/mol. The van der Waals surface area contributed by atoms with Gasteiger partial charge in [0.15, 0.2) is 0 Å². The highest BCUT2D eigenvalue weighted by Gasteiger charge is 2.16. The van der Waals surface area contributed by atoms with Gasteiger partial charge in [0, 0.05) is 24.7 Å². The third kappa shape index (κ3) is 2.43. The summed E-state index contributed by atoms with van der Waals surface area (Å²) in [6.07, 6.45) is 0.599. The van der Waals surface area contributed by atoms with Gasteiger partial charge in [0.25, 0.3) is 0 Å². The molecule has 0 aliphatic rings. The Bertz CT molecular complexity index is 588. The second kappa shape index (κ2) is 5.17. The first-order chi connectivity index (χ1) is 8.95. The van der Waals surface area contributed by atoms with Gasteiger partial charge in [0.05, 0.1) is 12.3 Å². The quantitative estimate of drug-likeness (QED) is 0.919. The van der Waals surface area contributed by atoms with Crippen LogP contribution in [0.4, 0.5) is 0 Å². The average Bonchev–Trinajstić information content (AvgIpc) is 2.57. The zero-order chi connectivity index (χ0) is 14.2. The molecule has 3 heteroatoms. The number of aryl methyl sites for hydroxylation is 3. The molecule has 2 rings (SSSR count). The molecule has 0 saturated carbocycles. The molecule has 0 saturated heterocycles. The minimum atomic E-state index is 0.135. The minimum absolute atomic E-state index is 0.135. The molecule has 0 aliphatic heterocycles. The molecule has 0 unspecified atom stereocenters. The maximum Gasteiger partial charge on any atom is 0.111 e. The summed E-state index contributed by atoms with van der Waals surface area (Å²) in [6.45, 7) is 8.61. The number of benzene rings is 1. The molecule has 1 aromatic heterocycles. The van der Waals surface area contributed by atoms with Gasteiger partial charge in [-0.05, 0) is 38.8 Å². The van der Waals surface area contributed by atoms with E-state index in [-0.39, 0.29) is 6.61 Å². The van der Waals surface area contributed by atoms with E-state index in [2.05, 4.69) is 44.4 Å². The normalized spacial score (nSPS) is 11.1. The lowest BCUT2D eigenvalue weighted by Gasteiger charge is -2.10. The van der Waals surface area contributed by atoms with Crippen LogP contribution in [0.15, 0.2) is 12.1 Å². The molecule has 0 amide bonds. The number of imidazole rings is 1. The van der Waals surface area contributed by atoms with Crippen molar-refractivity contribution in [3.8, 4) is 11.3 Å². The van der Waals surface area contributed by atoms with Crippen molar-refractivity contribution in [2.24, 2.45) is 7.05 Å². The Morgan fingerprint density at radius 2 is 1.68 bits per heavy atom. The second-order valence-corrected chi connectivity index (χ2v) is 5.27. The lowest BCUT2D eigenvalue weighted by Crippen LogP contribution is -2.01. The van der Waals surface area contributed by atoms with Crippen molar-refractivity contribution in [2.75, 3.05) is 6.61 Å². The number of nitrogens with zero attached hydrogens (tertiary/aromatic N) is 2. The monoisotopic (exact) mass is 258 g/mol. The van der Waals surface area contributed by atoms with E-state index in [0.29, 0.717) is 6.42 Å².